The number of methoxy groups -OCH3 is 3. The number of hydrogen-bond acceptors (Lipinski definition) is 6. The molecule has 0 radical (unpaired) electrons. The fourth-order valence-electron chi connectivity index (χ4n) is 4.00. The Hall–Kier alpha value is -3.32. The monoisotopic (exact) mass is 439 g/mol. The zero-order valence-corrected chi connectivity index (χ0v) is 19.1. The maximum atomic E-state index is 13.1. The number of Topliss-reactive ketones (excluding diaryl/α,β-unsaturated/α-hetero) is 1. The Labute approximate surface area is 188 Å². The van der Waals surface area contributed by atoms with Crippen LogP contribution in [0.25, 0.3) is 5.76 Å². The topological polar surface area (TPSA) is 85.3 Å². The highest BCUT2D eigenvalue weighted by molar-refractivity contribution is 6.46. The van der Waals surface area contributed by atoms with Crippen molar-refractivity contribution >= 4 is 17.4 Å². The van der Waals surface area contributed by atoms with Crippen molar-refractivity contribution in [3.63, 3.8) is 0 Å². The van der Waals surface area contributed by atoms with E-state index in [0.29, 0.717) is 42.2 Å². The van der Waals surface area contributed by atoms with Crippen molar-refractivity contribution in [2.75, 3.05) is 34.5 Å². The van der Waals surface area contributed by atoms with Crippen LogP contribution in [-0.2, 0) is 14.3 Å². The van der Waals surface area contributed by atoms with E-state index in [1.807, 2.05) is 32.0 Å². The van der Waals surface area contributed by atoms with Crippen molar-refractivity contribution in [2.45, 2.75) is 26.3 Å². The summed E-state index contributed by atoms with van der Waals surface area (Å²) < 4.78 is 15.9. The highest BCUT2D eigenvalue weighted by Gasteiger charge is 2.46. The first-order valence-corrected chi connectivity index (χ1v) is 10.4. The van der Waals surface area contributed by atoms with Crippen LogP contribution in [-0.4, -0.2) is 56.2 Å². The number of aliphatic hydroxyl groups excluding tert-OH is 1. The molecule has 1 amide bonds. The van der Waals surface area contributed by atoms with Crippen molar-refractivity contribution in [1.82, 2.24) is 4.90 Å². The van der Waals surface area contributed by atoms with E-state index >= 15 is 0 Å². The van der Waals surface area contributed by atoms with Gasteiger partial charge in [0.15, 0.2) is 11.5 Å². The molecule has 1 unspecified atom stereocenters. The van der Waals surface area contributed by atoms with Gasteiger partial charge in [0.05, 0.1) is 25.8 Å². The highest BCUT2D eigenvalue weighted by Crippen LogP contribution is 2.42. The number of carbonyl (C=O) groups is 2. The van der Waals surface area contributed by atoms with Crippen LogP contribution >= 0.6 is 0 Å². The third-order valence-corrected chi connectivity index (χ3v) is 5.66. The van der Waals surface area contributed by atoms with E-state index in [0.717, 1.165) is 11.1 Å². The average Bonchev–Trinajstić information content (AvgIpc) is 3.04. The standard InChI is InChI=1S/C25H29NO6/c1-15-7-8-16(2)18(13-15)23(27)21-22(17-9-10-19(31-4)20(14-17)32-5)26(11-6-12-30-3)25(29)24(21)28/h7-10,13-14,22,27H,6,11-12H2,1-5H3. The van der Waals surface area contributed by atoms with Crippen LogP contribution in [0, 0.1) is 13.8 Å². The molecule has 3 rings (SSSR count). The van der Waals surface area contributed by atoms with Crippen molar-refractivity contribution in [1.29, 1.82) is 0 Å². The number of nitrogens with zero attached hydrogens (tertiary/aromatic N) is 1. The average molecular weight is 440 g/mol. The highest BCUT2D eigenvalue weighted by atomic mass is 16.5. The minimum Gasteiger partial charge on any atom is -0.507 e. The maximum absolute atomic E-state index is 13.1. The first-order valence-electron chi connectivity index (χ1n) is 10.4. The van der Waals surface area contributed by atoms with Crippen LogP contribution in [0.15, 0.2) is 42.0 Å². The van der Waals surface area contributed by atoms with Crippen LogP contribution in [0.1, 0.15) is 34.7 Å². The van der Waals surface area contributed by atoms with Gasteiger partial charge in [-0.1, -0.05) is 23.8 Å². The molecule has 0 aliphatic carbocycles. The van der Waals surface area contributed by atoms with Gasteiger partial charge in [-0.3, -0.25) is 9.59 Å². The molecule has 7 nitrogen and oxygen atoms in total. The van der Waals surface area contributed by atoms with E-state index in [9.17, 15) is 14.7 Å². The second kappa shape index (κ2) is 9.87. The number of likely N-dealkylation sites (tertiary alicyclic amines) is 1. The molecule has 1 heterocycles. The van der Waals surface area contributed by atoms with Crippen LogP contribution in [0.3, 0.4) is 0 Å². The van der Waals surface area contributed by atoms with Gasteiger partial charge in [-0.25, -0.2) is 0 Å². The number of amides is 1. The quantitative estimate of drug-likeness (QED) is 0.292. The molecule has 1 saturated heterocycles. The van der Waals surface area contributed by atoms with Crippen molar-refractivity contribution in [3.05, 3.63) is 64.2 Å². The first-order chi connectivity index (χ1) is 15.3. The van der Waals surface area contributed by atoms with Crippen molar-refractivity contribution < 1.29 is 28.9 Å². The number of aliphatic hydroxyl groups is 1. The minimum absolute atomic E-state index is 0.0633. The number of aryl methyl sites for hydroxylation is 2. The van der Waals surface area contributed by atoms with Crippen LogP contribution in [0.2, 0.25) is 0 Å². The summed E-state index contributed by atoms with van der Waals surface area (Å²) in [4.78, 5) is 27.6. The van der Waals surface area contributed by atoms with Gasteiger partial charge >= 0.3 is 0 Å². The van der Waals surface area contributed by atoms with Gasteiger partial charge in [0.1, 0.15) is 5.76 Å². The van der Waals surface area contributed by atoms with Gasteiger partial charge < -0.3 is 24.2 Å². The number of benzene rings is 2. The predicted octanol–water partition coefficient (Wildman–Crippen LogP) is 3.78. The smallest absolute Gasteiger partial charge is 0.295 e. The zero-order valence-electron chi connectivity index (χ0n) is 19.1. The fourth-order valence-corrected chi connectivity index (χ4v) is 4.00. The number of rotatable bonds is 8. The molecule has 1 atom stereocenters. The molecule has 7 heteroatoms. The molecule has 0 bridgehead atoms. The molecule has 0 aromatic heterocycles. The van der Waals surface area contributed by atoms with Crippen LogP contribution < -0.4 is 9.47 Å². The number of hydrogen-bond donors (Lipinski definition) is 1. The molecule has 0 saturated carbocycles. The van der Waals surface area contributed by atoms with Crippen molar-refractivity contribution in [3.8, 4) is 11.5 Å². The SMILES string of the molecule is COCCCN1C(=O)C(=O)C(=C(O)c2cc(C)ccc2C)C1c1ccc(OC)c(OC)c1. The van der Waals surface area contributed by atoms with Gasteiger partial charge in [-0.15, -0.1) is 0 Å². The van der Waals surface area contributed by atoms with Gasteiger partial charge in [0, 0.05) is 25.8 Å². The Morgan fingerprint density at radius 2 is 1.72 bits per heavy atom. The fraction of sp³-hybridized carbons (Fsp3) is 0.360. The Balaban J connectivity index is 2.21. The lowest BCUT2D eigenvalue weighted by molar-refractivity contribution is -0.140. The largest absolute Gasteiger partial charge is 0.507 e. The third kappa shape index (κ3) is 4.34. The summed E-state index contributed by atoms with van der Waals surface area (Å²) in [6.45, 7) is 4.51. The molecule has 1 aliphatic heterocycles. The van der Waals surface area contributed by atoms with Crippen LogP contribution in [0.4, 0.5) is 0 Å². The molecule has 2 aromatic carbocycles. The molecule has 2 aromatic rings. The molecule has 1 N–H and O–H groups in total. The van der Waals surface area contributed by atoms with Gasteiger partial charge in [-0.2, -0.15) is 0 Å². The lowest BCUT2D eigenvalue weighted by atomic mass is 9.93. The molecule has 1 fully saturated rings. The normalized spacial score (nSPS) is 17.7. The van der Waals surface area contributed by atoms with Gasteiger partial charge in [0.25, 0.3) is 11.7 Å². The predicted molar refractivity (Wildman–Crippen MR) is 121 cm³/mol. The summed E-state index contributed by atoms with van der Waals surface area (Å²) in [6.07, 6.45) is 0.552. The Bertz CT molecular complexity index is 1060. The lowest BCUT2D eigenvalue weighted by Crippen LogP contribution is -2.31. The summed E-state index contributed by atoms with van der Waals surface area (Å²) in [5.41, 5.74) is 2.99. The summed E-state index contributed by atoms with van der Waals surface area (Å²) in [5, 5.41) is 11.3. The van der Waals surface area contributed by atoms with E-state index in [4.69, 9.17) is 14.2 Å². The Morgan fingerprint density at radius 1 is 1.00 bits per heavy atom. The molecular formula is C25H29NO6. The summed E-state index contributed by atoms with van der Waals surface area (Å²) in [6, 6.07) is 10.1. The number of ether oxygens (including phenoxy) is 3. The zero-order chi connectivity index (χ0) is 23.4. The molecule has 0 spiro atoms. The molecule has 32 heavy (non-hydrogen) atoms. The minimum atomic E-state index is -0.758. The summed E-state index contributed by atoms with van der Waals surface area (Å²) >= 11 is 0. The van der Waals surface area contributed by atoms with E-state index < -0.39 is 17.7 Å². The Morgan fingerprint density at radius 3 is 2.38 bits per heavy atom. The van der Waals surface area contributed by atoms with E-state index in [-0.39, 0.29) is 11.3 Å². The number of ketones is 1. The van der Waals surface area contributed by atoms with E-state index in [1.54, 1.807) is 25.3 Å². The first kappa shape index (κ1) is 23.3. The van der Waals surface area contributed by atoms with Crippen LogP contribution in [0.5, 0.6) is 11.5 Å². The maximum Gasteiger partial charge on any atom is 0.295 e. The summed E-state index contributed by atoms with van der Waals surface area (Å²) in [5.74, 6) is -0.534. The van der Waals surface area contributed by atoms with Gasteiger partial charge in [0.2, 0.25) is 0 Å². The molecule has 170 valence electrons. The van der Waals surface area contributed by atoms with Crippen molar-refractivity contribution in [2.24, 2.45) is 0 Å². The lowest BCUT2D eigenvalue weighted by Gasteiger charge is -2.26. The van der Waals surface area contributed by atoms with E-state index in [1.165, 1.54) is 19.1 Å². The Kier molecular flexibility index (Phi) is 7.20. The van der Waals surface area contributed by atoms with Gasteiger partial charge in [-0.05, 0) is 49.6 Å². The summed E-state index contributed by atoms with van der Waals surface area (Å²) in [7, 11) is 4.64. The second-order valence-electron chi connectivity index (χ2n) is 7.77. The third-order valence-electron chi connectivity index (χ3n) is 5.66. The number of carbonyl (C=O) groups excluding carboxylic acids is 2. The second-order valence-corrected chi connectivity index (χ2v) is 7.77. The van der Waals surface area contributed by atoms with E-state index in [2.05, 4.69) is 0 Å². The molecular weight excluding hydrogens is 410 g/mol. The molecule has 1 aliphatic rings.